The van der Waals surface area contributed by atoms with Crippen LogP contribution in [-0.4, -0.2) is 23.5 Å². The van der Waals surface area contributed by atoms with Crippen molar-refractivity contribution < 1.29 is 14.3 Å². The van der Waals surface area contributed by atoms with Gasteiger partial charge < -0.3 is 10.1 Å². The number of rotatable bonds is 4. The van der Waals surface area contributed by atoms with Crippen molar-refractivity contribution >= 4 is 29.1 Å². The molecular weight excluding hydrogens is 326 g/mol. The van der Waals surface area contributed by atoms with Gasteiger partial charge in [-0.05, 0) is 43.6 Å². The van der Waals surface area contributed by atoms with Crippen molar-refractivity contribution in [1.82, 2.24) is 16.2 Å². The van der Waals surface area contributed by atoms with Crippen molar-refractivity contribution in [2.24, 2.45) is 5.92 Å². The quantitative estimate of drug-likeness (QED) is 0.572. The summed E-state index contributed by atoms with van der Waals surface area (Å²) in [4.78, 5) is 23.8. The molecule has 0 radical (unpaired) electrons. The smallest absolute Gasteiger partial charge is 0.276 e. The Morgan fingerprint density at radius 2 is 1.88 bits per heavy atom. The van der Waals surface area contributed by atoms with E-state index in [0.29, 0.717) is 5.75 Å². The molecule has 6 nitrogen and oxygen atoms in total. The average molecular weight is 349 g/mol. The lowest BCUT2D eigenvalue weighted by atomic mass is 9.89. The summed E-state index contributed by atoms with van der Waals surface area (Å²) < 4.78 is 5.42. The molecule has 0 saturated heterocycles. The van der Waals surface area contributed by atoms with Crippen LogP contribution < -0.4 is 20.9 Å². The first-order valence-corrected chi connectivity index (χ1v) is 8.55. The molecule has 2 amide bonds. The molecule has 24 heavy (non-hydrogen) atoms. The van der Waals surface area contributed by atoms with Crippen molar-refractivity contribution in [2.45, 2.75) is 39.0 Å². The highest BCUT2D eigenvalue weighted by atomic mass is 32.1. The fourth-order valence-electron chi connectivity index (χ4n) is 2.63. The van der Waals surface area contributed by atoms with Gasteiger partial charge in [-0.3, -0.25) is 20.4 Å². The maximum absolute atomic E-state index is 12.0. The zero-order valence-electron chi connectivity index (χ0n) is 13.8. The summed E-state index contributed by atoms with van der Waals surface area (Å²) in [5.41, 5.74) is 5.89. The molecule has 0 unspecified atom stereocenters. The first kappa shape index (κ1) is 18.2. The Labute approximate surface area is 147 Å². The fourth-order valence-corrected chi connectivity index (χ4v) is 2.79. The van der Waals surface area contributed by atoms with E-state index >= 15 is 0 Å². The van der Waals surface area contributed by atoms with Crippen LogP contribution in [0.2, 0.25) is 0 Å². The molecule has 0 aromatic heterocycles. The number of ether oxygens (including phenoxy) is 1. The zero-order valence-corrected chi connectivity index (χ0v) is 14.6. The lowest BCUT2D eigenvalue weighted by molar-refractivity contribution is -0.125. The number of amides is 2. The first-order chi connectivity index (χ1) is 11.6. The van der Waals surface area contributed by atoms with E-state index in [1.807, 2.05) is 25.1 Å². The summed E-state index contributed by atoms with van der Waals surface area (Å²) in [5.74, 6) is 0.199. The molecule has 3 N–H and O–H groups in total. The Balaban J connectivity index is 1.66. The first-order valence-electron chi connectivity index (χ1n) is 8.14. The number of hydrogen-bond donors (Lipinski definition) is 3. The molecule has 1 aliphatic carbocycles. The number of thiocarbonyl (C=S) groups is 1. The second-order valence-corrected chi connectivity index (χ2v) is 6.29. The minimum Gasteiger partial charge on any atom is -0.483 e. The highest BCUT2D eigenvalue weighted by molar-refractivity contribution is 7.80. The van der Waals surface area contributed by atoms with Gasteiger partial charge in [0.1, 0.15) is 5.75 Å². The molecule has 130 valence electrons. The molecular formula is C17H23N3O3S. The normalized spacial score (nSPS) is 14.5. The molecule has 0 atom stereocenters. The summed E-state index contributed by atoms with van der Waals surface area (Å²) in [7, 11) is 0. The number of hydrazine groups is 1. The van der Waals surface area contributed by atoms with Gasteiger partial charge in [-0.1, -0.05) is 37.5 Å². The Bertz CT molecular complexity index is 600. The fraction of sp³-hybridized carbons (Fsp3) is 0.471. The number of para-hydroxylation sites is 1. The molecule has 0 heterocycles. The topological polar surface area (TPSA) is 79.5 Å². The minimum atomic E-state index is -0.382. The average Bonchev–Trinajstić information content (AvgIpc) is 2.60. The van der Waals surface area contributed by atoms with Crippen LogP contribution >= 0.6 is 12.2 Å². The van der Waals surface area contributed by atoms with Crippen LogP contribution in [0.4, 0.5) is 0 Å². The largest absolute Gasteiger partial charge is 0.483 e. The lowest BCUT2D eigenvalue weighted by Gasteiger charge is -2.21. The van der Waals surface area contributed by atoms with E-state index in [2.05, 4.69) is 16.2 Å². The third kappa shape index (κ3) is 5.81. The number of nitrogens with one attached hydrogen (secondary N) is 3. The third-order valence-corrected chi connectivity index (χ3v) is 4.18. The van der Waals surface area contributed by atoms with Gasteiger partial charge in [-0.25, -0.2) is 0 Å². The molecule has 2 rings (SSSR count). The molecule has 1 aromatic rings. The second-order valence-electron chi connectivity index (χ2n) is 5.88. The van der Waals surface area contributed by atoms with E-state index in [1.165, 1.54) is 6.42 Å². The highest BCUT2D eigenvalue weighted by Gasteiger charge is 2.21. The van der Waals surface area contributed by atoms with Crippen molar-refractivity contribution in [1.29, 1.82) is 0 Å². The molecule has 1 saturated carbocycles. The summed E-state index contributed by atoms with van der Waals surface area (Å²) in [6, 6.07) is 7.44. The van der Waals surface area contributed by atoms with Crippen LogP contribution in [0.3, 0.4) is 0 Å². The van der Waals surface area contributed by atoms with E-state index in [-0.39, 0.29) is 29.5 Å². The van der Waals surface area contributed by atoms with Crippen LogP contribution in [0, 0.1) is 12.8 Å². The van der Waals surface area contributed by atoms with Gasteiger partial charge in [0, 0.05) is 5.92 Å². The molecule has 0 bridgehead atoms. The summed E-state index contributed by atoms with van der Waals surface area (Å²) in [6.45, 7) is 1.76. The highest BCUT2D eigenvalue weighted by Crippen LogP contribution is 2.23. The van der Waals surface area contributed by atoms with Crippen LogP contribution in [0.1, 0.15) is 37.7 Å². The maximum Gasteiger partial charge on any atom is 0.276 e. The third-order valence-electron chi connectivity index (χ3n) is 3.98. The molecule has 1 fully saturated rings. The lowest BCUT2D eigenvalue weighted by Crippen LogP contribution is -2.50. The van der Waals surface area contributed by atoms with Gasteiger partial charge in [0.15, 0.2) is 11.7 Å². The summed E-state index contributed by atoms with van der Waals surface area (Å²) in [5, 5.41) is 2.71. The second kappa shape index (κ2) is 9.22. The predicted octanol–water partition coefficient (Wildman–Crippen LogP) is 1.98. The van der Waals surface area contributed by atoms with Gasteiger partial charge in [0.05, 0.1) is 0 Å². The van der Waals surface area contributed by atoms with Gasteiger partial charge in [0.2, 0.25) is 5.91 Å². The van der Waals surface area contributed by atoms with Gasteiger partial charge in [0.25, 0.3) is 5.91 Å². The van der Waals surface area contributed by atoms with Gasteiger partial charge >= 0.3 is 0 Å². The van der Waals surface area contributed by atoms with Crippen LogP contribution in [0.5, 0.6) is 5.75 Å². The Morgan fingerprint density at radius 1 is 1.17 bits per heavy atom. The van der Waals surface area contributed by atoms with Gasteiger partial charge in [-0.2, -0.15) is 0 Å². The van der Waals surface area contributed by atoms with Crippen LogP contribution in [0.25, 0.3) is 0 Å². The van der Waals surface area contributed by atoms with E-state index in [9.17, 15) is 9.59 Å². The Hall–Kier alpha value is -2.15. The minimum absolute atomic E-state index is 0.0126. The Kier molecular flexibility index (Phi) is 6.99. The van der Waals surface area contributed by atoms with Gasteiger partial charge in [-0.15, -0.1) is 0 Å². The van der Waals surface area contributed by atoms with Crippen molar-refractivity contribution in [2.75, 3.05) is 6.61 Å². The number of carbonyl (C=O) groups excluding carboxylic acids is 2. The van der Waals surface area contributed by atoms with E-state index in [1.54, 1.807) is 6.07 Å². The van der Waals surface area contributed by atoms with Crippen molar-refractivity contribution in [3.8, 4) is 5.75 Å². The molecule has 0 aliphatic heterocycles. The van der Waals surface area contributed by atoms with Crippen molar-refractivity contribution in [3.05, 3.63) is 29.8 Å². The summed E-state index contributed by atoms with van der Waals surface area (Å²) in [6.07, 6.45) is 5.12. The number of aryl methyl sites for hydroxylation is 1. The van der Waals surface area contributed by atoms with Crippen molar-refractivity contribution in [3.63, 3.8) is 0 Å². The van der Waals surface area contributed by atoms with E-state index < -0.39 is 0 Å². The number of carbonyl (C=O) groups is 2. The number of hydrogen-bond acceptors (Lipinski definition) is 4. The maximum atomic E-state index is 12.0. The Morgan fingerprint density at radius 3 is 2.58 bits per heavy atom. The van der Waals surface area contributed by atoms with Crippen LogP contribution in [0.15, 0.2) is 24.3 Å². The standard InChI is InChI=1S/C17H23N3O3S/c1-12-7-5-6-10-14(12)23-11-15(21)19-20-17(24)18-16(22)13-8-3-2-4-9-13/h5-7,10,13H,2-4,8-9,11H2,1H3,(H,19,21)(H2,18,20,22,24). The summed E-state index contributed by atoms with van der Waals surface area (Å²) >= 11 is 5.02. The molecule has 1 aromatic carbocycles. The SMILES string of the molecule is Cc1ccccc1OCC(=O)NNC(=S)NC(=O)C1CCCCC1. The van der Waals surface area contributed by atoms with Crippen LogP contribution in [-0.2, 0) is 9.59 Å². The van der Waals surface area contributed by atoms with E-state index in [4.69, 9.17) is 17.0 Å². The molecule has 0 spiro atoms. The molecule has 7 heteroatoms. The predicted molar refractivity (Wildman–Crippen MR) is 95.3 cm³/mol. The number of benzene rings is 1. The zero-order chi connectivity index (χ0) is 17.4. The molecule has 1 aliphatic rings. The monoisotopic (exact) mass is 349 g/mol. The van der Waals surface area contributed by atoms with E-state index in [0.717, 1.165) is 31.2 Å².